The van der Waals surface area contributed by atoms with Crippen molar-refractivity contribution in [1.82, 2.24) is 15.3 Å². The monoisotopic (exact) mass is 337 g/mol. The number of nitrogens with zero attached hydrogens (tertiary/aromatic N) is 1. The Balaban J connectivity index is 1.38. The van der Waals surface area contributed by atoms with Gasteiger partial charge in [-0.05, 0) is 50.2 Å². The number of amides is 1. The largest absolute Gasteiger partial charge is 0.352 e. The maximum absolute atomic E-state index is 12.4. The number of nitrogens with one attached hydrogen (secondary N) is 2. The number of carbonyl (C=O) groups is 1. The van der Waals surface area contributed by atoms with E-state index < -0.39 is 0 Å². The second-order valence-electron chi connectivity index (χ2n) is 7.24. The van der Waals surface area contributed by atoms with E-state index in [1.807, 2.05) is 6.92 Å². The molecule has 0 aliphatic heterocycles. The molecule has 5 heteroatoms. The van der Waals surface area contributed by atoms with Crippen molar-refractivity contribution in [1.29, 1.82) is 0 Å². The van der Waals surface area contributed by atoms with Gasteiger partial charge in [0.05, 0.1) is 0 Å². The van der Waals surface area contributed by atoms with E-state index in [-0.39, 0.29) is 17.5 Å². The Labute approximate surface area is 146 Å². The van der Waals surface area contributed by atoms with Crippen molar-refractivity contribution in [2.45, 2.75) is 51.5 Å². The lowest BCUT2D eigenvalue weighted by Crippen LogP contribution is -2.28. The predicted molar refractivity (Wildman–Crippen MR) is 95.6 cm³/mol. The summed E-state index contributed by atoms with van der Waals surface area (Å²) in [6.45, 7) is 3.58. The van der Waals surface area contributed by atoms with E-state index >= 15 is 0 Å². The van der Waals surface area contributed by atoms with Gasteiger partial charge in [0.2, 0.25) is 5.91 Å². The van der Waals surface area contributed by atoms with Crippen LogP contribution in [0.25, 0.3) is 0 Å². The van der Waals surface area contributed by atoms with Crippen LogP contribution in [0.4, 0.5) is 0 Å². The van der Waals surface area contributed by atoms with Gasteiger partial charge in [-0.1, -0.05) is 24.3 Å². The normalized spacial score (nSPS) is 23.5. The van der Waals surface area contributed by atoms with Crippen LogP contribution in [0.3, 0.4) is 0 Å². The molecule has 2 aliphatic carbocycles. The number of carbonyl (C=O) groups excluding carboxylic acids is 1. The minimum atomic E-state index is -0.133. The van der Waals surface area contributed by atoms with Crippen molar-refractivity contribution >= 4 is 5.91 Å². The minimum Gasteiger partial charge on any atom is -0.352 e. The van der Waals surface area contributed by atoms with Crippen LogP contribution in [0, 0.1) is 19.8 Å². The molecule has 2 N–H and O–H groups in total. The topological polar surface area (TPSA) is 74.8 Å². The van der Waals surface area contributed by atoms with Crippen LogP contribution in [-0.2, 0) is 17.6 Å². The SMILES string of the molecule is Cc1nc(C)c(CCC(=O)N[C@@H]2[C@H]3CCc4ccccc4[C@@H]32)c(=O)[nH]1. The Morgan fingerprint density at radius 2 is 2.12 bits per heavy atom. The molecule has 0 unspecified atom stereocenters. The number of aromatic nitrogens is 2. The van der Waals surface area contributed by atoms with Crippen LogP contribution in [0.5, 0.6) is 0 Å². The van der Waals surface area contributed by atoms with Crippen molar-refractivity contribution in [3.05, 3.63) is 62.8 Å². The summed E-state index contributed by atoms with van der Waals surface area (Å²) >= 11 is 0. The maximum Gasteiger partial charge on any atom is 0.254 e. The Hall–Kier alpha value is -2.43. The molecule has 2 aliphatic rings. The molecule has 0 saturated heterocycles. The second kappa shape index (κ2) is 6.14. The Morgan fingerprint density at radius 3 is 2.92 bits per heavy atom. The molecule has 1 amide bonds. The molecule has 2 aromatic rings. The summed E-state index contributed by atoms with van der Waals surface area (Å²) in [7, 11) is 0. The zero-order valence-corrected chi connectivity index (χ0v) is 14.6. The first-order chi connectivity index (χ1) is 12.0. The van der Waals surface area contributed by atoms with Gasteiger partial charge in [-0.15, -0.1) is 0 Å². The summed E-state index contributed by atoms with van der Waals surface area (Å²) in [6.07, 6.45) is 3.01. The van der Waals surface area contributed by atoms with E-state index in [1.54, 1.807) is 6.92 Å². The summed E-state index contributed by atoms with van der Waals surface area (Å²) in [4.78, 5) is 31.4. The van der Waals surface area contributed by atoms with Crippen LogP contribution in [-0.4, -0.2) is 21.9 Å². The Kier molecular flexibility index (Phi) is 3.94. The lowest BCUT2D eigenvalue weighted by atomic mass is 9.92. The molecule has 4 rings (SSSR count). The molecule has 1 saturated carbocycles. The minimum absolute atomic E-state index is 0.0243. The van der Waals surface area contributed by atoms with Crippen LogP contribution in [0.2, 0.25) is 0 Å². The average molecular weight is 337 g/mol. The van der Waals surface area contributed by atoms with Gasteiger partial charge in [0.1, 0.15) is 5.82 Å². The second-order valence-corrected chi connectivity index (χ2v) is 7.24. The van der Waals surface area contributed by atoms with E-state index in [2.05, 4.69) is 39.6 Å². The van der Waals surface area contributed by atoms with Crippen LogP contribution < -0.4 is 10.9 Å². The van der Waals surface area contributed by atoms with Crippen molar-refractivity contribution in [3.63, 3.8) is 0 Å². The third-order valence-corrected chi connectivity index (χ3v) is 5.60. The highest BCUT2D eigenvalue weighted by Crippen LogP contribution is 2.54. The number of H-pyrrole nitrogens is 1. The number of aromatic amines is 1. The Morgan fingerprint density at radius 1 is 1.32 bits per heavy atom. The van der Waals surface area contributed by atoms with E-state index in [1.165, 1.54) is 11.1 Å². The highest BCUT2D eigenvalue weighted by atomic mass is 16.1. The fraction of sp³-hybridized carbons (Fsp3) is 0.450. The third kappa shape index (κ3) is 2.99. The summed E-state index contributed by atoms with van der Waals surface area (Å²) in [5.74, 6) is 1.68. The fourth-order valence-electron chi connectivity index (χ4n) is 4.31. The van der Waals surface area contributed by atoms with Crippen molar-refractivity contribution in [2.24, 2.45) is 5.92 Å². The molecule has 1 fully saturated rings. The molecule has 1 aromatic carbocycles. The van der Waals surface area contributed by atoms with E-state index in [4.69, 9.17) is 0 Å². The lowest BCUT2D eigenvalue weighted by Gasteiger charge is -2.13. The number of aryl methyl sites for hydroxylation is 3. The van der Waals surface area contributed by atoms with Gasteiger partial charge in [0.15, 0.2) is 0 Å². The molecule has 130 valence electrons. The average Bonchev–Trinajstić information content (AvgIpc) is 3.27. The van der Waals surface area contributed by atoms with Gasteiger partial charge >= 0.3 is 0 Å². The van der Waals surface area contributed by atoms with Crippen molar-refractivity contribution in [3.8, 4) is 0 Å². The van der Waals surface area contributed by atoms with Gasteiger partial charge in [0, 0.05) is 29.6 Å². The lowest BCUT2D eigenvalue weighted by molar-refractivity contribution is -0.121. The van der Waals surface area contributed by atoms with E-state index in [0.717, 1.165) is 12.8 Å². The molecule has 0 spiro atoms. The number of benzene rings is 1. The highest BCUT2D eigenvalue weighted by molar-refractivity contribution is 5.77. The summed E-state index contributed by atoms with van der Waals surface area (Å²) in [5, 5.41) is 3.19. The van der Waals surface area contributed by atoms with Gasteiger partial charge in [-0.3, -0.25) is 9.59 Å². The zero-order chi connectivity index (χ0) is 17.6. The van der Waals surface area contributed by atoms with Crippen LogP contribution >= 0.6 is 0 Å². The van der Waals surface area contributed by atoms with Gasteiger partial charge in [0.25, 0.3) is 5.56 Å². The van der Waals surface area contributed by atoms with E-state index in [9.17, 15) is 9.59 Å². The number of hydrogen-bond acceptors (Lipinski definition) is 3. The van der Waals surface area contributed by atoms with Crippen molar-refractivity contribution in [2.75, 3.05) is 0 Å². The summed E-state index contributed by atoms with van der Waals surface area (Å²) < 4.78 is 0. The summed E-state index contributed by atoms with van der Waals surface area (Å²) in [5.41, 5.74) is 4.02. The van der Waals surface area contributed by atoms with Crippen LogP contribution in [0.15, 0.2) is 29.1 Å². The van der Waals surface area contributed by atoms with Gasteiger partial charge in [-0.2, -0.15) is 0 Å². The molecule has 5 nitrogen and oxygen atoms in total. The standard InChI is InChI=1S/C20H23N3O2/c1-11-14(20(25)22-12(2)21-11)9-10-17(24)23-19-16-8-7-13-5-3-4-6-15(13)18(16)19/h3-6,16,18-19H,7-10H2,1-2H3,(H,23,24)(H,21,22,25)/t16-,18-,19+/m0/s1. The predicted octanol–water partition coefficient (Wildman–Crippen LogP) is 2.16. The number of fused-ring (bicyclic) bond motifs is 3. The fourth-order valence-corrected chi connectivity index (χ4v) is 4.31. The van der Waals surface area contributed by atoms with Gasteiger partial charge in [-0.25, -0.2) is 4.98 Å². The van der Waals surface area contributed by atoms with Crippen LogP contribution in [0.1, 0.15) is 47.0 Å². The molecule has 0 radical (unpaired) electrons. The first-order valence-electron chi connectivity index (χ1n) is 8.98. The molecule has 1 heterocycles. The molecule has 3 atom stereocenters. The Bertz CT molecular complexity index is 887. The van der Waals surface area contributed by atoms with Crippen molar-refractivity contribution < 1.29 is 4.79 Å². The zero-order valence-electron chi connectivity index (χ0n) is 14.6. The summed E-state index contributed by atoms with van der Waals surface area (Å²) in [6, 6.07) is 8.82. The van der Waals surface area contributed by atoms with E-state index in [0.29, 0.717) is 41.8 Å². The molecule has 0 bridgehead atoms. The first-order valence-corrected chi connectivity index (χ1v) is 8.98. The smallest absolute Gasteiger partial charge is 0.254 e. The molecule has 25 heavy (non-hydrogen) atoms. The maximum atomic E-state index is 12.4. The third-order valence-electron chi connectivity index (χ3n) is 5.60. The number of hydrogen-bond donors (Lipinski definition) is 2. The molecule has 1 aromatic heterocycles. The number of rotatable bonds is 4. The highest BCUT2D eigenvalue weighted by Gasteiger charge is 2.53. The molecular formula is C20H23N3O2. The van der Waals surface area contributed by atoms with Gasteiger partial charge < -0.3 is 10.3 Å². The quantitative estimate of drug-likeness (QED) is 0.898. The first kappa shape index (κ1) is 16.1. The molecular weight excluding hydrogens is 314 g/mol.